The van der Waals surface area contributed by atoms with Gasteiger partial charge in [0.25, 0.3) is 0 Å². The minimum Gasteiger partial charge on any atom is -0.390 e. The van der Waals surface area contributed by atoms with Gasteiger partial charge in [0.05, 0.1) is 5.60 Å². The molecule has 1 aliphatic carbocycles. The summed E-state index contributed by atoms with van der Waals surface area (Å²) in [6.45, 7) is 4.47. The number of halogens is 2. The number of rotatable bonds is 3. The van der Waals surface area contributed by atoms with E-state index >= 15 is 0 Å². The molecule has 1 aromatic carbocycles. The summed E-state index contributed by atoms with van der Waals surface area (Å²) < 4.78 is 13.3. The lowest BCUT2D eigenvalue weighted by Gasteiger charge is -2.37. The largest absolute Gasteiger partial charge is 0.390 e. The van der Waals surface area contributed by atoms with Gasteiger partial charge in [0.15, 0.2) is 0 Å². The van der Waals surface area contributed by atoms with Gasteiger partial charge in [-0.1, -0.05) is 25.4 Å². The molecule has 0 amide bonds. The molecule has 106 valence electrons. The molecule has 0 saturated heterocycles. The topological polar surface area (TPSA) is 20.2 Å². The Kier molecular flexibility index (Phi) is 4.52. The third-order valence-electron chi connectivity index (χ3n) is 4.43. The van der Waals surface area contributed by atoms with Crippen LogP contribution in [0.5, 0.6) is 0 Å². The van der Waals surface area contributed by atoms with Gasteiger partial charge in [-0.15, -0.1) is 0 Å². The highest BCUT2D eigenvalue weighted by Gasteiger charge is 2.34. The van der Waals surface area contributed by atoms with E-state index in [-0.39, 0.29) is 5.82 Å². The first-order valence-corrected chi connectivity index (χ1v) is 7.44. The molecule has 0 atom stereocenters. The van der Waals surface area contributed by atoms with Crippen LogP contribution in [0.3, 0.4) is 0 Å². The van der Waals surface area contributed by atoms with Gasteiger partial charge in [-0.25, -0.2) is 4.39 Å². The van der Waals surface area contributed by atoms with Crippen LogP contribution in [-0.2, 0) is 6.42 Å². The van der Waals surface area contributed by atoms with Crippen molar-refractivity contribution in [3.8, 4) is 0 Å². The second-order valence-electron chi connectivity index (χ2n) is 6.22. The van der Waals surface area contributed by atoms with Crippen LogP contribution in [0, 0.1) is 17.7 Å². The average molecular weight is 285 g/mol. The van der Waals surface area contributed by atoms with Crippen molar-refractivity contribution in [1.29, 1.82) is 0 Å². The van der Waals surface area contributed by atoms with Crippen molar-refractivity contribution in [2.75, 3.05) is 0 Å². The molecule has 0 heterocycles. The second-order valence-corrected chi connectivity index (χ2v) is 6.63. The summed E-state index contributed by atoms with van der Waals surface area (Å²) in [6.07, 6.45) is 4.10. The van der Waals surface area contributed by atoms with Crippen LogP contribution in [-0.4, -0.2) is 10.7 Å². The maximum Gasteiger partial charge on any atom is 0.123 e. The van der Waals surface area contributed by atoms with Crippen molar-refractivity contribution >= 4 is 11.6 Å². The van der Waals surface area contributed by atoms with E-state index in [2.05, 4.69) is 13.8 Å². The molecule has 1 saturated carbocycles. The van der Waals surface area contributed by atoms with E-state index in [1.807, 2.05) is 0 Å². The van der Waals surface area contributed by atoms with Gasteiger partial charge in [0, 0.05) is 11.4 Å². The zero-order chi connectivity index (χ0) is 14.0. The van der Waals surface area contributed by atoms with Crippen LogP contribution in [0.1, 0.15) is 45.1 Å². The van der Waals surface area contributed by atoms with Crippen molar-refractivity contribution in [2.45, 2.75) is 51.6 Å². The Balaban J connectivity index is 2.05. The summed E-state index contributed by atoms with van der Waals surface area (Å²) in [5.74, 6) is 1.07. The average Bonchev–Trinajstić information content (AvgIpc) is 2.34. The molecule has 0 unspecified atom stereocenters. The first-order chi connectivity index (χ1) is 8.89. The van der Waals surface area contributed by atoms with Crippen molar-refractivity contribution < 1.29 is 9.50 Å². The van der Waals surface area contributed by atoms with E-state index in [0.717, 1.165) is 25.7 Å². The molecule has 1 N–H and O–H groups in total. The Bertz CT molecular complexity index is 436. The summed E-state index contributed by atoms with van der Waals surface area (Å²) in [4.78, 5) is 0. The van der Waals surface area contributed by atoms with E-state index in [9.17, 15) is 9.50 Å². The van der Waals surface area contributed by atoms with Gasteiger partial charge in [-0.05, 0) is 61.3 Å². The summed E-state index contributed by atoms with van der Waals surface area (Å²) in [7, 11) is 0. The maximum absolute atomic E-state index is 13.3. The van der Waals surface area contributed by atoms with Gasteiger partial charge < -0.3 is 5.11 Å². The standard InChI is InChI=1S/C16H22ClFO/c1-11(2)12-5-7-16(19,8-6-12)10-13-9-14(18)3-4-15(13)17/h3-4,9,11-12,19H,5-8,10H2,1-2H3. The Morgan fingerprint density at radius 2 is 2.00 bits per heavy atom. The summed E-state index contributed by atoms with van der Waals surface area (Å²) in [6, 6.07) is 4.36. The lowest BCUT2D eigenvalue weighted by atomic mass is 9.72. The van der Waals surface area contributed by atoms with Crippen LogP contribution in [0.25, 0.3) is 0 Å². The number of hydrogen-bond donors (Lipinski definition) is 1. The normalized spacial score (nSPS) is 27.8. The smallest absolute Gasteiger partial charge is 0.123 e. The summed E-state index contributed by atoms with van der Waals surface area (Å²) in [5, 5.41) is 11.2. The summed E-state index contributed by atoms with van der Waals surface area (Å²) in [5.41, 5.74) is -0.00445. The van der Waals surface area contributed by atoms with E-state index < -0.39 is 5.60 Å². The number of aliphatic hydroxyl groups is 1. The molecule has 19 heavy (non-hydrogen) atoms. The van der Waals surface area contributed by atoms with Gasteiger partial charge in [0.2, 0.25) is 0 Å². The van der Waals surface area contributed by atoms with Gasteiger partial charge in [-0.3, -0.25) is 0 Å². The van der Waals surface area contributed by atoms with Gasteiger partial charge in [-0.2, -0.15) is 0 Å². The molecule has 1 fully saturated rings. The molecule has 0 aliphatic heterocycles. The minimum atomic E-state index is -0.719. The molecule has 3 heteroatoms. The predicted octanol–water partition coefficient (Wildman–Crippen LogP) is 4.60. The SMILES string of the molecule is CC(C)C1CCC(O)(Cc2cc(F)ccc2Cl)CC1. The molecule has 1 nitrogen and oxygen atoms in total. The van der Waals surface area contributed by atoms with E-state index in [1.165, 1.54) is 12.1 Å². The third-order valence-corrected chi connectivity index (χ3v) is 4.80. The maximum atomic E-state index is 13.3. The fourth-order valence-corrected chi connectivity index (χ4v) is 3.24. The number of hydrogen-bond acceptors (Lipinski definition) is 1. The third kappa shape index (κ3) is 3.70. The fourth-order valence-electron chi connectivity index (χ4n) is 3.05. The van der Waals surface area contributed by atoms with Gasteiger partial charge >= 0.3 is 0 Å². The molecule has 2 rings (SSSR count). The Morgan fingerprint density at radius 1 is 1.37 bits per heavy atom. The fraction of sp³-hybridized carbons (Fsp3) is 0.625. The van der Waals surface area contributed by atoms with E-state index in [0.29, 0.717) is 28.8 Å². The molecule has 1 aromatic rings. The first-order valence-electron chi connectivity index (χ1n) is 7.06. The molecular weight excluding hydrogens is 263 g/mol. The van der Waals surface area contributed by atoms with Crippen LogP contribution >= 0.6 is 11.6 Å². The second kappa shape index (κ2) is 5.80. The molecule has 0 spiro atoms. The van der Waals surface area contributed by atoms with Crippen molar-refractivity contribution in [3.63, 3.8) is 0 Å². The lowest BCUT2D eigenvalue weighted by molar-refractivity contribution is -0.0146. The minimum absolute atomic E-state index is 0.293. The monoisotopic (exact) mass is 284 g/mol. The predicted molar refractivity (Wildman–Crippen MR) is 76.9 cm³/mol. The Labute approximate surface area is 119 Å². The quantitative estimate of drug-likeness (QED) is 0.860. The molecular formula is C16H22ClFO. The van der Waals surface area contributed by atoms with Crippen LogP contribution in [0.15, 0.2) is 18.2 Å². The van der Waals surface area contributed by atoms with Crippen molar-refractivity contribution in [2.24, 2.45) is 11.8 Å². The van der Waals surface area contributed by atoms with Crippen LogP contribution < -0.4 is 0 Å². The first kappa shape index (κ1) is 14.8. The van der Waals surface area contributed by atoms with E-state index in [4.69, 9.17) is 11.6 Å². The molecule has 0 radical (unpaired) electrons. The van der Waals surface area contributed by atoms with E-state index in [1.54, 1.807) is 6.07 Å². The molecule has 0 aromatic heterocycles. The van der Waals surface area contributed by atoms with Crippen molar-refractivity contribution in [1.82, 2.24) is 0 Å². The zero-order valence-electron chi connectivity index (χ0n) is 11.6. The van der Waals surface area contributed by atoms with Crippen LogP contribution in [0.2, 0.25) is 5.02 Å². The highest BCUT2D eigenvalue weighted by molar-refractivity contribution is 6.31. The Morgan fingerprint density at radius 3 is 2.58 bits per heavy atom. The van der Waals surface area contributed by atoms with Crippen molar-refractivity contribution in [3.05, 3.63) is 34.6 Å². The lowest BCUT2D eigenvalue weighted by Crippen LogP contribution is -2.37. The zero-order valence-corrected chi connectivity index (χ0v) is 12.4. The van der Waals surface area contributed by atoms with Gasteiger partial charge in [0.1, 0.15) is 5.82 Å². The molecule has 0 bridgehead atoms. The Hall–Kier alpha value is -0.600. The highest BCUT2D eigenvalue weighted by Crippen LogP contribution is 2.38. The number of benzene rings is 1. The highest BCUT2D eigenvalue weighted by atomic mass is 35.5. The van der Waals surface area contributed by atoms with Crippen LogP contribution in [0.4, 0.5) is 4.39 Å². The summed E-state index contributed by atoms with van der Waals surface area (Å²) >= 11 is 6.08. The molecule has 1 aliphatic rings.